The molecule has 1 aliphatic heterocycles. The summed E-state index contributed by atoms with van der Waals surface area (Å²) in [7, 11) is 0. The fourth-order valence-corrected chi connectivity index (χ4v) is 3.18. The van der Waals surface area contributed by atoms with Gasteiger partial charge in [-0.25, -0.2) is 0 Å². The number of nitrogens with two attached hydrogens (primary N) is 1. The van der Waals surface area contributed by atoms with Crippen molar-refractivity contribution in [2.24, 2.45) is 0 Å². The van der Waals surface area contributed by atoms with Gasteiger partial charge in [-0.15, -0.1) is 0 Å². The molecule has 0 spiro atoms. The van der Waals surface area contributed by atoms with E-state index in [0.717, 1.165) is 5.56 Å². The zero-order valence-electron chi connectivity index (χ0n) is 11.8. The van der Waals surface area contributed by atoms with E-state index in [9.17, 15) is 15.0 Å². The normalized spacial score (nSPS) is 28.2. The first-order valence-corrected chi connectivity index (χ1v) is 6.92. The number of nitrogen functional groups attached to an aromatic ring is 1. The lowest BCUT2D eigenvalue weighted by Gasteiger charge is -2.44. The van der Waals surface area contributed by atoms with Crippen LogP contribution in [0, 0.1) is 6.92 Å². The molecule has 0 bridgehead atoms. The van der Waals surface area contributed by atoms with Gasteiger partial charge in [0, 0.05) is 16.8 Å². The Morgan fingerprint density at radius 3 is 2.45 bits per heavy atom. The predicted octanol–water partition coefficient (Wildman–Crippen LogP) is 1.14. The molecule has 0 radical (unpaired) electrons. The van der Waals surface area contributed by atoms with Gasteiger partial charge in [-0.2, -0.15) is 0 Å². The Morgan fingerprint density at radius 1 is 1.05 bits per heavy atom. The van der Waals surface area contributed by atoms with E-state index in [1.807, 2.05) is 6.92 Å². The van der Waals surface area contributed by atoms with Crippen LogP contribution in [0.1, 0.15) is 21.5 Å². The van der Waals surface area contributed by atoms with Crippen LogP contribution in [0.4, 0.5) is 17.1 Å². The number of anilines is 3. The number of carbonyl (C=O) groups is 1. The number of carbonyl (C=O) groups excluding carboxylic acids is 1. The Balaban J connectivity index is 1.97. The van der Waals surface area contributed by atoms with Gasteiger partial charge in [0.15, 0.2) is 0 Å². The van der Waals surface area contributed by atoms with E-state index in [1.165, 1.54) is 0 Å². The lowest BCUT2D eigenvalue weighted by molar-refractivity contribution is -0.0913. The van der Waals surface area contributed by atoms with Crippen molar-refractivity contribution in [1.82, 2.24) is 0 Å². The highest BCUT2D eigenvalue weighted by Gasteiger charge is 2.65. The number of aryl methyl sites for hydroxylation is 1. The van der Waals surface area contributed by atoms with Crippen LogP contribution in [-0.2, 0) is 5.72 Å². The van der Waals surface area contributed by atoms with Crippen molar-refractivity contribution in [3.05, 3.63) is 53.1 Å². The topological polar surface area (TPSA) is 108 Å². The minimum atomic E-state index is -2.16. The number of rotatable bonds is 0. The standard InChI is InChI=1S/C16H15N3O3/c1-8-6-12-13(7-11(8)17)18-15(21)10-5-3-2-4-9(10)14(20)16(15,22)19-12/h2-7,18-19,21-22H,17H2,1H3/t15-,16+/m0/s1. The molecular weight excluding hydrogens is 282 g/mol. The van der Waals surface area contributed by atoms with E-state index in [0.29, 0.717) is 22.6 Å². The molecule has 112 valence electrons. The van der Waals surface area contributed by atoms with Crippen LogP contribution in [0.5, 0.6) is 0 Å². The fraction of sp³-hybridized carbons (Fsp3) is 0.188. The first-order valence-electron chi connectivity index (χ1n) is 6.92. The third-order valence-electron chi connectivity index (χ3n) is 4.45. The number of nitrogens with one attached hydrogen (secondary N) is 2. The lowest BCUT2D eigenvalue weighted by Crippen LogP contribution is -2.63. The minimum absolute atomic E-state index is 0.282. The van der Waals surface area contributed by atoms with Gasteiger partial charge in [0.25, 0.3) is 5.72 Å². The number of benzene rings is 2. The second-order valence-corrected chi connectivity index (χ2v) is 5.80. The molecule has 4 rings (SSSR count). The molecule has 0 saturated heterocycles. The lowest BCUT2D eigenvalue weighted by atomic mass is 9.94. The minimum Gasteiger partial charge on any atom is -0.398 e. The molecule has 1 aliphatic carbocycles. The highest BCUT2D eigenvalue weighted by atomic mass is 16.4. The van der Waals surface area contributed by atoms with E-state index in [1.54, 1.807) is 36.4 Å². The van der Waals surface area contributed by atoms with Gasteiger partial charge in [0.05, 0.1) is 11.4 Å². The summed E-state index contributed by atoms with van der Waals surface area (Å²) in [6.07, 6.45) is 0. The van der Waals surface area contributed by atoms with E-state index in [2.05, 4.69) is 10.6 Å². The Kier molecular flexibility index (Phi) is 2.26. The van der Waals surface area contributed by atoms with Crippen molar-refractivity contribution < 1.29 is 15.0 Å². The molecule has 6 heteroatoms. The summed E-state index contributed by atoms with van der Waals surface area (Å²) in [5.41, 5.74) is 4.81. The van der Waals surface area contributed by atoms with Crippen LogP contribution in [0.15, 0.2) is 36.4 Å². The van der Waals surface area contributed by atoms with Gasteiger partial charge in [0.1, 0.15) is 0 Å². The summed E-state index contributed by atoms with van der Waals surface area (Å²) < 4.78 is 0. The van der Waals surface area contributed by atoms with Crippen LogP contribution in [0.25, 0.3) is 0 Å². The number of hydrogen-bond donors (Lipinski definition) is 5. The monoisotopic (exact) mass is 297 g/mol. The molecule has 22 heavy (non-hydrogen) atoms. The van der Waals surface area contributed by atoms with Crippen molar-refractivity contribution in [1.29, 1.82) is 0 Å². The Hall–Kier alpha value is -2.57. The average Bonchev–Trinajstić information content (AvgIpc) is 2.65. The quantitative estimate of drug-likeness (QED) is 0.467. The highest BCUT2D eigenvalue weighted by Crippen LogP contribution is 2.50. The zero-order valence-corrected chi connectivity index (χ0v) is 11.8. The van der Waals surface area contributed by atoms with Gasteiger partial charge >= 0.3 is 0 Å². The summed E-state index contributed by atoms with van der Waals surface area (Å²) in [6.45, 7) is 1.83. The zero-order chi connectivity index (χ0) is 15.7. The summed E-state index contributed by atoms with van der Waals surface area (Å²) in [4.78, 5) is 12.6. The van der Waals surface area contributed by atoms with Gasteiger partial charge in [-0.1, -0.05) is 24.3 Å². The maximum absolute atomic E-state index is 12.6. The van der Waals surface area contributed by atoms with Crippen LogP contribution in [0.2, 0.25) is 0 Å². The van der Waals surface area contributed by atoms with Gasteiger partial charge in [-0.05, 0) is 24.6 Å². The molecule has 2 atom stereocenters. The van der Waals surface area contributed by atoms with Crippen LogP contribution in [-0.4, -0.2) is 21.7 Å². The molecule has 6 nitrogen and oxygen atoms in total. The SMILES string of the molecule is Cc1cc2c(cc1N)N[C@]1(O)c3ccccc3C(=O)[C@]1(O)N2. The average molecular weight is 297 g/mol. The first-order chi connectivity index (χ1) is 10.4. The molecule has 0 saturated carbocycles. The van der Waals surface area contributed by atoms with Crippen LogP contribution < -0.4 is 16.4 Å². The molecule has 2 aliphatic rings. The maximum Gasteiger partial charge on any atom is 0.254 e. The molecular formula is C16H15N3O3. The largest absolute Gasteiger partial charge is 0.398 e. The number of hydrogen-bond acceptors (Lipinski definition) is 6. The molecule has 6 N–H and O–H groups in total. The fourth-order valence-electron chi connectivity index (χ4n) is 3.18. The molecule has 0 aromatic heterocycles. The summed E-state index contributed by atoms with van der Waals surface area (Å²) in [6, 6.07) is 9.99. The Morgan fingerprint density at radius 2 is 1.68 bits per heavy atom. The smallest absolute Gasteiger partial charge is 0.254 e. The molecule has 0 unspecified atom stereocenters. The van der Waals surface area contributed by atoms with E-state index in [4.69, 9.17) is 5.73 Å². The van der Waals surface area contributed by atoms with Gasteiger partial charge in [0.2, 0.25) is 11.5 Å². The van der Waals surface area contributed by atoms with E-state index < -0.39 is 17.2 Å². The molecule has 1 heterocycles. The predicted molar refractivity (Wildman–Crippen MR) is 82.5 cm³/mol. The van der Waals surface area contributed by atoms with Crippen molar-refractivity contribution in [3.63, 3.8) is 0 Å². The first kappa shape index (κ1) is 13.1. The number of fused-ring (bicyclic) bond motifs is 4. The van der Waals surface area contributed by atoms with Crippen molar-refractivity contribution in [3.8, 4) is 0 Å². The molecule has 2 aromatic rings. The Labute approximate surface area is 126 Å². The van der Waals surface area contributed by atoms with Crippen LogP contribution >= 0.6 is 0 Å². The second kappa shape index (κ2) is 3.79. The Bertz CT molecular complexity index is 835. The molecule has 2 aromatic carbocycles. The second-order valence-electron chi connectivity index (χ2n) is 5.80. The number of aliphatic hydroxyl groups is 2. The van der Waals surface area contributed by atoms with Crippen LogP contribution in [0.3, 0.4) is 0 Å². The number of Topliss-reactive ketones (excluding diaryl/α,β-unsaturated/α-hetero) is 1. The maximum atomic E-state index is 12.6. The molecule has 0 fully saturated rings. The van der Waals surface area contributed by atoms with E-state index in [-0.39, 0.29) is 5.56 Å². The van der Waals surface area contributed by atoms with Gasteiger partial charge < -0.3 is 26.6 Å². The summed E-state index contributed by atoms with van der Waals surface area (Å²) >= 11 is 0. The third-order valence-corrected chi connectivity index (χ3v) is 4.45. The highest BCUT2D eigenvalue weighted by molar-refractivity contribution is 6.11. The van der Waals surface area contributed by atoms with Gasteiger partial charge in [-0.3, -0.25) is 4.79 Å². The molecule has 0 amide bonds. The van der Waals surface area contributed by atoms with Crippen molar-refractivity contribution in [2.45, 2.75) is 18.4 Å². The summed E-state index contributed by atoms with van der Waals surface area (Å²) in [5.74, 6) is -0.571. The van der Waals surface area contributed by atoms with Crippen molar-refractivity contribution in [2.75, 3.05) is 16.4 Å². The summed E-state index contributed by atoms with van der Waals surface area (Å²) in [5, 5.41) is 27.5. The number of ketones is 1. The van der Waals surface area contributed by atoms with E-state index >= 15 is 0 Å². The van der Waals surface area contributed by atoms with Crippen molar-refractivity contribution >= 4 is 22.8 Å². The third kappa shape index (κ3) is 1.33.